The van der Waals surface area contributed by atoms with E-state index in [1.807, 2.05) is 6.07 Å². The Kier molecular flexibility index (Phi) is 4.30. The Morgan fingerprint density at radius 1 is 1.41 bits per heavy atom. The molecular weight excluding hydrogens is 234 g/mol. The van der Waals surface area contributed by atoms with Crippen LogP contribution in [0.2, 0.25) is 5.02 Å². The number of aryl methyl sites for hydroxylation is 1. The number of piperidine rings is 1. The Bertz CT molecular complexity index is 386. The predicted molar refractivity (Wildman–Crippen MR) is 72.0 cm³/mol. The van der Waals surface area contributed by atoms with Crippen LogP contribution in [-0.2, 0) is 6.42 Å². The Labute approximate surface area is 108 Å². The van der Waals surface area contributed by atoms with E-state index < -0.39 is 0 Å². The molecule has 1 heterocycles. The molecule has 0 radical (unpaired) electrons. The number of benzene rings is 1. The maximum absolute atomic E-state index is 6.28. The Morgan fingerprint density at radius 3 is 2.82 bits per heavy atom. The highest BCUT2D eigenvalue weighted by Gasteiger charge is 2.20. The molecule has 1 N–H and O–H groups in total. The number of rotatable bonds is 3. The fourth-order valence-corrected chi connectivity index (χ4v) is 2.80. The molecule has 0 amide bonds. The summed E-state index contributed by atoms with van der Waals surface area (Å²) in [6.07, 6.45) is 4.71. The molecule has 17 heavy (non-hydrogen) atoms. The first-order valence-corrected chi connectivity index (χ1v) is 6.73. The molecule has 1 saturated heterocycles. The molecule has 1 aromatic carbocycles. The smallest absolute Gasteiger partial charge is 0.142 e. The van der Waals surface area contributed by atoms with Gasteiger partial charge < -0.3 is 10.1 Å². The maximum atomic E-state index is 6.28. The Morgan fingerprint density at radius 2 is 2.24 bits per heavy atom. The van der Waals surface area contributed by atoms with Crippen LogP contribution in [0.3, 0.4) is 0 Å². The molecule has 94 valence electrons. The van der Waals surface area contributed by atoms with E-state index >= 15 is 0 Å². The maximum Gasteiger partial charge on any atom is 0.142 e. The lowest BCUT2D eigenvalue weighted by Crippen LogP contribution is -2.27. The van der Waals surface area contributed by atoms with Crippen LogP contribution in [0.25, 0.3) is 0 Å². The van der Waals surface area contributed by atoms with Crippen molar-refractivity contribution in [3.8, 4) is 5.75 Å². The molecule has 1 aromatic rings. The third kappa shape index (κ3) is 2.75. The number of ether oxygens (including phenoxy) is 1. The van der Waals surface area contributed by atoms with E-state index in [0.29, 0.717) is 6.04 Å². The van der Waals surface area contributed by atoms with Crippen molar-refractivity contribution in [1.82, 2.24) is 5.32 Å². The van der Waals surface area contributed by atoms with Crippen LogP contribution in [0.5, 0.6) is 5.75 Å². The van der Waals surface area contributed by atoms with Crippen LogP contribution >= 0.6 is 11.6 Å². The average molecular weight is 254 g/mol. The lowest BCUT2D eigenvalue weighted by molar-refractivity contribution is 0.373. The topological polar surface area (TPSA) is 21.3 Å². The third-order valence-corrected chi connectivity index (χ3v) is 3.71. The highest BCUT2D eigenvalue weighted by atomic mass is 35.5. The first kappa shape index (κ1) is 12.7. The number of hydrogen-bond acceptors (Lipinski definition) is 2. The monoisotopic (exact) mass is 253 g/mol. The third-order valence-electron chi connectivity index (χ3n) is 3.43. The van der Waals surface area contributed by atoms with Crippen LogP contribution < -0.4 is 10.1 Å². The highest BCUT2D eigenvalue weighted by Crippen LogP contribution is 2.37. The minimum atomic E-state index is 0.391. The molecule has 1 unspecified atom stereocenters. The molecule has 2 rings (SSSR count). The van der Waals surface area contributed by atoms with Crippen LogP contribution in [-0.4, -0.2) is 13.7 Å². The number of halogens is 1. The van der Waals surface area contributed by atoms with Crippen molar-refractivity contribution in [2.45, 2.75) is 38.6 Å². The number of nitrogens with one attached hydrogen (secondary N) is 1. The molecule has 0 bridgehead atoms. The van der Waals surface area contributed by atoms with Gasteiger partial charge in [-0.25, -0.2) is 0 Å². The number of methoxy groups -OCH3 is 1. The summed E-state index contributed by atoms with van der Waals surface area (Å²) in [7, 11) is 1.69. The summed E-state index contributed by atoms with van der Waals surface area (Å²) in [5.74, 6) is 0.836. The molecule has 0 saturated carbocycles. The van der Waals surface area contributed by atoms with E-state index in [4.69, 9.17) is 16.3 Å². The van der Waals surface area contributed by atoms with E-state index in [9.17, 15) is 0 Å². The van der Waals surface area contributed by atoms with Crippen LogP contribution in [0.15, 0.2) is 12.1 Å². The summed E-state index contributed by atoms with van der Waals surface area (Å²) in [5.41, 5.74) is 2.50. The second-order valence-corrected chi connectivity index (χ2v) is 4.96. The lowest BCUT2D eigenvalue weighted by Gasteiger charge is -2.26. The fraction of sp³-hybridized carbons (Fsp3) is 0.571. The average Bonchev–Trinajstić information content (AvgIpc) is 2.38. The largest absolute Gasteiger partial charge is 0.495 e. The first-order valence-electron chi connectivity index (χ1n) is 6.36. The van der Waals surface area contributed by atoms with Gasteiger partial charge in [0.1, 0.15) is 5.75 Å². The van der Waals surface area contributed by atoms with E-state index in [2.05, 4.69) is 18.3 Å². The Balaban J connectivity index is 2.38. The predicted octanol–water partition coefficient (Wildman–Crippen LogP) is 3.73. The normalized spacial score (nSPS) is 20.3. The zero-order valence-corrected chi connectivity index (χ0v) is 11.3. The first-order chi connectivity index (χ1) is 8.26. The lowest BCUT2D eigenvalue weighted by atomic mass is 9.95. The van der Waals surface area contributed by atoms with Gasteiger partial charge in [-0.1, -0.05) is 31.0 Å². The molecule has 0 aliphatic carbocycles. The SMILES string of the molecule is CCc1cc(Cl)c(OC)c(C2CCCCN2)c1. The summed E-state index contributed by atoms with van der Waals surface area (Å²) in [6, 6.07) is 4.63. The molecule has 0 aromatic heterocycles. The van der Waals surface area contributed by atoms with Crippen molar-refractivity contribution in [3.63, 3.8) is 0 Å². The van der Waals surface area contributed by atoms with E-state index in [1.165, 1.54) is 30.4 Å². The van der Waals surface area contributed by atoms with Gasteiger partial charge in [0.15, 0.2) is 0 Å². The summed E-state index contributed by atoms with van der Waals surface area (Å²) < 4.78 is 5.46. The zero-order chi connectivity index (χ0) is 12.3. The van der Waals surface area contributed by atoms with Crippen LogP contribution in [0.4, 0.5) is 0 Å². The Hall–Kier alpha value is -0.730. The summed E-state index contributed by atoms with van der Waals surface area (Å²) in [4.78, 5) is 0. The van der Waals surface area contributed by atoms with Crippen molar-refractivity contribution in [1.29, 1.82) is 0 Å². The van der Waals surface area contributed by atoms with Crippen molar-refractivity contribution in [2.75, 3.05) is 13.7 Å². The van der Waals surface area contributed by atoms with Gasteiger partial charge in [-0.15, -0.1) is 0 Å². The van der Waals surface area contributed by atoms with Crippen molar-refractivity contribution >= 4 is 11.6 Å². The van der Waals surface area contributed by atoms with Crippen LogP contribution in [0.1, 0.15) is 43.4 Å². The minimum Gasteiger partial charge on any atom is -0.495 e. The fourth-order valence-electron chi connectivity index (χ4n) is 2.47. The van der Waals surface area contributed by atoms with Gasteiger partial charge >= 0.3 is 0 Å². The van der Waals surface area contributed by atoms with Gasteiger partial charge in [0.2, 0.25) is 0 Å². The van der Waals surface area contributed by atoms with Crippen molar-refractivity contribution in [2.24, 2.45) is 0 Å². The molecule has 3 heteroatoms. The van der Waals surface area contributed by atoms with Crippen molar-refractivity contribution < 1.29 is 4.74 Å². The zero-order valence-electron chi connectivity index (χ0n) is 10.6. The van der Waals surface area contributed by atoms with E-state index in [0.717, 1.165) is 23.7 Å². The van der Waals surface area contributed by atoms with Gasteiger partial charge in [0, 0.05) is 11.6 Å². The molecule has 1 atom stereocenters. The summed E-state index contributed by atoms with van der Waals surface area (Å²) in [6.45, 7) is 3.23. The molecular formula is C14H20ClNO. The van der Waals surface area contributed by atoms with E-state index in [-0.39, 0.29) is 0 Å². The molecule has 0 spiro atoms. The molecule has 2 nitrogen and oxygen atoms in total. The molecule has 1 aliphatic heterocycles. The van der Waals surface area contributed by atoms with E-state index in [1.54, 1.807) is 7.11 Å². The van der Waals surface area contributed by atoms with Gasteiger partial charge in [0.25, 0.3) is 0 Å². The van der Waals surface area contributed by atoms with Crippen LogP contribution in [0, 0.1) is 0 Å². The van der Waals surface area contributed by atoms with Gasteiger partial charge in [-0.3, -0.25) is 0 Å². The van der Waals surface area contributed by atoms with Gasteiger partial charge in [-0.2, -0.15) is 0 Å². The highest BCUT2D eigenvalue weighted by molar-refractivity contribution is 6.32. The summed E-state index contributed by atoms with van der Waals surface area (Å²) in [5, 5.41) is 4.28. The summed E-state index contributed by atoms with van der Waals surface area (Å²) >= 11 is 6.28. The van der Waals surface area contributed by atoms with Gasteiger partial charge in [0.05, 0.1) is 12.1 Å². The quantitative estimate of drug-likeness (QED) is 0.886. The number of hydrogen-bond donors (Lipinski definition) is 1. The molecule has 1 fully saturated rings. The second kappa shape index (κ2) is 5.74. The second-order valence-electron chi connectivity index (χ2n) is 4.56. The van der Waals surface area contributed by atoms with Crippen molar-refractivity contribution in [3.05, 3.63) is 28.3 Å². The standard InChI is InChI=1S/C14H20ClNO/c1-3-10-8-11(13-6-4-5-7-16-13)14(17-2)12(15)9-10/h8-9,13,16H,3-7H2,1-2H3. The van der Waals surface area contributed by atoms with Gasteiger partial charge in [-0.05, 0) is 37.4 Å². The molecule has 1 aliphatic rings. The minimum absolute atomic E-state index is 0.391.